The molecular formula is C8H7Si. The van der Waals surface area contributed by atoms with Crippen LogP contribution in [0.5, 0.6) is 0 Å². The average molecular weight is 131 g/mol. The second kappa shape index (κ2) is 2.64. The summed E-state index contributed by atoms with van der Waals surface area (Å²) in [5.41, 5.74) is 1.15. The van der Waals surface area contributed by atoms with Crippen molar-refractivity contribution in [3.63, 3.8) is 0 Å². The molecule has 0 unspecified atom stereocenters. The van der Waals surface area contributed by atoms with Gasteiger partial charge in [0, 0.05) is 0 Å². The van der Waals surface area contributed by atoms with Gasteiger partial charge in [0.15, 0.2) is 0 Å². The van der Waals surface area contributed by atoms with Crippen molar-refractivity contribution in [1.82, 2.24) is 0 Å². The Morgan fingerprint density at radius 2 is 1.78 bits per heavy atom. The molecule has 0 heterocycles. The first kappa shape index (κ1) is 6.30. The molecule has 0 bridgehead atoms. The van der Waals surface area contributed by atoms with E-state index in [0.717, 1.165) is 10.8 Å². The second-order valence-corrected chi connectivity index (χ2v) is 2.40. The van der Waals surface area contributed by atoms with Gasteiger partial charge >= 0.3 is 0 Å². The molecular weight excluding hydrogens is 124 g/mol. The van der Waals surface area contributed by atoms with E-state index in [1.165, 1.54) is 0 Å². The van der Waals surface area contributed by atoms with Gasteiger partial charge < -0.3 is 0 Å². The van der Waals surface area contributed by atoms with Crippen LogP contribution in [0.4, 0.5) is 0 Å². The molecule has 0 aliphatic rings. The molecule has 0 aliphatic carbocycles. The molecule has 1 heteroatoms. The lowest BCUT2D eigenvalue weighted by atomic mass is 10.2. The molecule has 0 N–H and O–H groups in total. The minimum atomic E-state index is 1.10. The molecule has 0 saturated heterocycles. The van der Waals surface area contributed by atoms with Gasteiger partial charge in [-0.15, -0.1) is 0 Å². The maximum atomic E-state index is 3.64. The van der Waals surface area contributed by atoms with Crippen molar-refractivity contribution in [2.24, 2.45) is 0 Å². The summed E-state index contributed by atoms with van der Waals surface area (Å²) in [4.78, 5) is 0. The van der Waals surface area contributed by atoms with Gasteiger partial charge in [0.25, 0.3) is 0 Å². The summed E-state index contributed by atoms with van der Waals surface area (Å²) in [5, 5.41) is 1.10. The molecule has 0 amide bonds. The fourth-order valence-electron chi connectivity index (χ4n) is 0.619. The Hall–Kier alpha value is -0.823. The highest BCUT2D eigenvalue weighted by atomic mass is 28.1. The summed E-state index contributed by atoms with van der Waals surface area (Å²) in [5.74, 6) is 0. The lowest BCUT2D eigenvalue weighted by molar-refractivity contribution is 1.71. The fraction of sp³-hybridized carbons (Fsp3) is 0. The lowest BCUT2D eigenvalue weighted by Crippen LogP contribution is -1.98. The number of benzene rings is 1. The van der Waals surface area contributed by atoms with Gasteiger partial charge in [-0.3, -0.25) is 0 Å². The zero-order valence-corrected chi connectivity index (χ0v) is 6.09. The molecule has 0 aliphatic heterocycles. The van der Waals surface area contributed by atoms with Crippen molar-refractivity contribution in [2.45, 2.75) is 0 Å². The molecule has 43 valence electrons. The van der Waals surface area contributed by atoms with Crippen molar-refractivity contribution < 1.29 is 0 Å². The Kier molecular flexibility index (Phi) is 1.85. The standard InChI is InChI=1S/C8H7Si/c1-2-7-3-5-8(9)6-4-7/h2-6H,1H2. The van der Waals surface area contributed by atoms with Gasteiger partial charge in [0.2, 0.25) is 0 Å². The van der Waals surface area contributed by atoms with Gasteiger partial charge in [-0.25, -0.2) is 0 Å². The molecule has 1 aromatic rings. The first-order valence-electron chi connectivity index (χ1n) is 2.77. The van der Waals surface area contributed by atoms with Crippen LogP contribution in [-0.2, 0) is 0 Å². The van der Waals surface area contributed by atoms with Crippen LogP contribution in [0.3, 0.4) is 0 Å². The molecule has 0 aromatic heterocycles. The monoisotopic (exact) mass is 131 g/mol. The number of hydrogen-bond acceptors (Lipinski definition) is 0. The van der Waals surface area contributed by atoms with E-state index in [1.807, 2.05) is 30.3 Å². The Balaban J connectivity index is 3.01. The van der Waals surface area contributed by atoms with E-state index in [9.17, 15) is 0 Å². The smallest absolute Gasteiger partial charge is 0.0711 e. The molecule has 0 atom stereocenters. The van der Waals surface area contributed by atoms with Crippen LogP contribution in [-0.4, -0.2) is 10.2 Å². The van der Waals surface area contributed by atoms with Crippen molar-refractivity contribution in [2.75, 3.05) is 0 Å². The van der Waals surface area contributed by atoms with Crippen molar-refractivity contribution in [1.29, 1.82) is 0 Å². The molecule has 1 rings (SSSR count). The van der Waals surface area contributed by atoms with E-state index in [-0.39, 0.29) is 0 Å². The SMILES string of the molecule is C=Cc1ccc([Si])cc1. The minimum Gasteiger partial charge on any atom is -0.0985 e. The van der Waals surface area contributed by atoms with Gasteiger partial charge in [0.05, 0.1) is 10.2 Å². The van der Waals surface area contributed by atoms with Crippen molar-refractivity contribution in [3.05, 3.63) is 36.4 Å². The summed E-state index contributed by atoms with van der Waals surface area (Å²) in [6.07, 6.45) is 1.83. The summed E-state index contributed by atoms with van der Waals surface area (Å²) in [7, 11) is 3.39. The summed E-state index contributed by atoms with van der Waals surface area (Å²) >= 11 is 0. The molecule has 0 spiro atoms. The molecule has 1 aromatic carbocycles. The average Bonchev–Trinajstić information content (AvgIpc) is 1.90. The van der Waals surface area contributed by atoms with Crippen molar-refractivity contribution >= 4 is 21.5 Å². The molecule has 0 fully saturated rings. The Labute approximate surface area is 58.6 Å². The zero-order chi connectivity index (χ0) is 6.69. The van der Waals surface area contributed by atoms with Crippen LogP contribution in [0, 0.1) is 0 Å². The van der Waals surface area contributed by atoms with Crippen LogP contribution >= 0.6 is 0 Å². The van der Waals surface area contributed by atoms with Crippen LogP contribution in [0.15, 0.2) is 30.8 Å². The normalized spacial score (nSPS) is 9.00. The van der Waals surface area contributed by atoms with Gasteiger partial charge in [0.1, 0.15) is 0 Å². The molecule has 3 radical (unpaired) electrons. The predicted octanol–water partition coefficient (Wildman–Crippen LogP) is 1.12. The van der Waals surface area contributed by atoms with E-state index >= 15 is 0 Å². The largest absolute Gasteiger partial charge is 0.0985 e. The Morgan fingerprint density at radius 3 is 2.22 bits per heavy atom. The number of rotatable bonds is 1. The Bertz CT molecular complexity index is 198. The topological polar surface area (TPSA) is 0 Å². The third-order valence-electron chi connectivity index (χ3n) is 1.15. The van der Waals surface area contributed by atoms with Gasteiger partial charge in [-0.1, -0.05) is 42.1 Å². The molecule has 0 saturated carbocycles. The van der Waals surface area contributed by atoms with E-state index in [1.54, 1.807) is 0 Å². The van der Waals surface area contributed by atoms with Crippen LogP contribution < -0.4 is 5.19 Å². The highest BCUT2D eigenvalue weighted by Crippen LogP contribution is 1.95. The van der Waals surface area contributed by atoms with Gasteiger partial charge in [-0.2, -0.15) is 0 Å². The maximum absolute atomic E-state index is 3.64. The van der Waals surface area contributed by atoms with E-state index in [2.05, 4.69) is 16.8 Å². The van der Waals surface area contributed by atoms with Crippen LogP contribution in [0.25, 0.3) is 6.08 Å². The third-order valence-corrected chi connectivity index (χ3v) is 1.48. The summed E-state index contributed by atoms with van der Waals surface area (Å²) in [6, 6.07) is 8.01. The van der Waals surface area contributed by atoms with E-state index < -0.39 is 0 Å². The summed E-state index contributed by atoms with van der Waals surface area (Å²) < 4.78 is 0. The maximum Gasteiger partial charge on any atom is 0.0711 e. The minimum absolute atomic E-state index is 1.10. The van der Waals surface area contributed by atoms with E-state index in [4.69, 9.17) is 0 Å². The quantitative estimate of drug-likeness (QED) is 0.501. The van der Waals surface area contributed by atoms with Crippen LogP contribution in [0.2, 0.25) is 0 Å². The molecule has 0 nitrogen and oxygen atoms in total. The number of hydrogen-bond donors (Lipinski definition) is 0. The highest BCUT2D eigenvalue weighted by molar-refractivity contribution is 6.32. The summed E-state index contributed by atoms with van der Waals surface area (Å²) in [6.45, 7) is 3.64. The fourth-order valence-corrected chi connectivity index (χ4v) is 0.786. The van der Waals surface area contributed by atoms with Crippen molar-refractivity contribution in [3.8, 4) is 0 Å². The molecule has 9 heavy (non-hydrogen) atoms. The van der Waals surface area contributed by atoms with E-state index in [0.29, 0.717) is 0 Å². The highest BCUT2D eigenvalue weighted by Gasteiger charge is 1.82. The first-order chi connectivity index (χ1) is 4.33. The van der Waals surface area contributed by atoms with Gasteiger partial charge in [-0.05, 0) is 5.56 Å². The predicted molar refractivity (Wildman–Crippen MR) is 41.9 cm³/mol. The zero-order valence-electron chi connectivity index (χ0n) is 5.09. The third kappa shape index (κ3) is 1.54. The first-order valence-corrected chi connectivity index (χ1v) is 3.27. The Morgan fingerprint density at radius 1 is 1.22 bits per heavy atom. The lowest BCUT2D eigenvalue weighted by Gasteiger charge is -1.91. The van der Waals surface area contributed by atoms with Crippen LogP contribution in [0.1, 0.15) is 5.56 Å². The second-order valence-electron chi connectivity index (χ2n) is 1.83.